The number of halogens is 2. The molecule has 0 fully saturated rings. The van der Waals surface area contributed by atoms with Crippen LogP contribution < -0.4 is 4.74 Å². The van der Waals surface area contributed by atoms with Gasteiger partial charge in [-0.3, -0.25) is 4.79 Å². The van der Waals surface area contributed by atoms with Gasteiger partial charge in [-0.25, -0.2) is 4.39 Å². The first-order chi connectivity index (χ1) is 6.69. The molecule has 0 aliphatic carbocycles. The summed E-state index contributed by atoms with van der Waals surface area (Å²) in [7, 11) is 1.41. The fourth-order valence-electron chi connectivity index (χ4n) is 0.903. The lowest BCUT2D eigenvalue weighted by Gasteiger charge is -2.07. The molecule has 0 bridgehead atoms. The van der Waals surface area contributed by atoms with Crippen LogP contribution in [0.25, 0.3) is 0 Å². The predicted octanol–water partition coefficient (Wildman–Crippen LogP) is 2.27. The monoisotopic (exact) mass is 218 g/mol. The van der Waals surface area contributed by atoms with Gasteiger partial charge in [0.15, 0.2) is 18.4 Å². The number of aldehydes is 1. The van der Waals surface area contributed by atoms with Crippen molar-refractivity contribution in [3.05, 3.63) is 28.5 Å². The summed E-state index contributed by atoms with van der Waals surface area (Å²) in [5, 5.41) is 0.0455. The Morgan fingerprint density at radius 3 is 2.79 bits per heavy atom. The zero-order valence-electron chi connectivity index (χ0n) is 7.42. The van der Waals surface area contributed by atoms with Crippen LogP contribution in [0.5, 0.6) is 5.75 Å². The van der Waals surface area contributed by atoms with E-state index >= 15 is 0 Å². The SMILES string of the molecule is COCOc1c(F)cc(C=O)cc1Cl. The summed E-state index contributed by atoms with van der Waals surface area (Å²) in [5.74, 6) is -0.796. The minimum absolute atomic E-state index is 0.0455. The molecule has 0 saturated carbocycles. The molecular formula is C9H8ClFO3. The van der Waals surface area contributed by atoms with Gasteiger partial charge >= 0.3 is 0 Å². The van der Waals surface area contributed by atoms with E-state index in [1.54, 1.807) is 0 Å². The second kappa shape index (κ2) is 4.93. The van der Waals surface area contributed by atoms with Crippen LogP contribution in [0.1, 0.15) is 10.4 Å². The van der Waals surface area contributed by atoms with E-state index in [9.17, 15) is 9.18 Å². The summed E-state index contributed by atoms with van der Waals surface area (Å²) < 4.78 is 22.7. The van der Waals surface area contributed by atoms with E-state index in [1.807, 2.05) is 0 Å². The molecular weight excluding hydrogens is 211 g/mol. The third-order valence-corrected chi connectivity index (χ3v) is 1.76. The molecule has 1 aromatic carbocycles. The molecule has 76 valence electrons. The van der Waals surface area contributed by atoms with Crippen LogP contribution in [0, 0.1) is 5.82 Å². The molecule has 0 radical (unpaired) electrons. The zero-order valence-corrected chi connectivity index (χ0v) is 8.18. The van der Waals surface area contributed by atoms with Gasteiger partial charge in [-0.2, -0.15) is 0 Å². The maximum absolute atomic E-state index is 13.2. The number of carbonyl (C=O) groups excluding carboxylic acids is 1. The number of carbonyl (C=O) groups is 1. The first kappa shape index (κ1) is 10.9. The lowest BCUT2D eigenvalue weighted by molar-refractivity contribution is 0.0483. The molecule has 0 aromatic heterocycles. The van der Waals surface area contributed by atoms with Gasteiger partial charge < -0.3 is 9.47 Å². The third-order valence-electron chi connectivity index (χ3n) is 1.48. The number of benzene rings is 1. The van der Waals surface area contributed by atoms with Crippen molar-refractivity contribution in [2.45, 2.75) is 0 Å². The summed E-state index contributed by atoms with van der Waals surface area (Å²) in [6.45, 7) is -0.100. The van der Waals surface area contributed by atoms with Crippen molar-refractivity contribution in [3.63, 3.8) is 0 Å². The summed E-state index contributed by atoms with van der Waals surface area (Å²) in [4.78, 5) is 10.3. The first-order valence-electron chi connectivity index (χ1n) is 3.75. The number of hydrogen-bond acceptors (Lipinski definition) is 3. The second-order valence-electron chi connectivity index (χ2n) is 2.48. The smallest absolute Gasteiger partial charge is 0.188 e. The maximum Gasteiger partial charge on any atom is 0.188 e. The molecule has 3 nitrogen and oxygen atoms in total. The first-order valence-corrected chi connectivity index (χ1v) is 4.12. The highest BCUT2D eigenvalue weighted by molar-refractivity contribution is 6.32. The van der Waals surface area contributed by atoms with Crippen molar-refractivity contribution in [2.24, 2.45) is 0 Å². The summed E-state index contributed by atoms with van der Waals surface area (Å²) >= 11 is 5.67. The van der Waals surface area contributed by atoms with Crippen molar-refractivity contribution in [3.8, 4) is 5.75 Å². The van der Waals surface area contributed by atoms with E-state index < -0.39 is 5.82 Å². The zero-order chi connectivity index (χ0) is 10.6. The van der Waals surface area contributed by atoms with Crippen LogP contribution in [0.15, 0.2) is 12.1 Å². The van der Waals surface area contributed by atoms with Crippen molar-refractivity contribution >= 4 is 17.9 Å². The van der Waals surface area contributed by atoms with E-state index in [2.05, 4.69) is 4.74 Å². The molecule has 0 unspecified atom stereocenters. The lowest BCUT2D eigenvalue weighted by atomic mass is 10.2. The van der Waals surface area contributed by atoms with E-state index in [-0.39, 0.29) is 23.1 Å². The van der Waals surface area contributed by atoms with Gasteiger partial charge in [0.25, 0.3) is 0 Å². The molecule has 0 aliphatic heterocycles. The van der Waals surface area contributed by atoms with Gasteiger partial charge in [0.2, 0.25) is 0 Å². The van der Waals surface area contributed by atoms with Gasteiger partial charge in [-0.1, -0.05) is 11.6 Å². The fraction of sp³-hybridized carbons (Fsp3) is 0.222. The van der Waals surface area contributed by atoms with E-state index in [0.29, 0.717) is 6.29 Å². The summed E-state index contributed by atoms with van der Waals surface area (Å²) in [6.07, 6.45) is 0.509. The minimum atomic E-state index is -0.684. The van der Waals surface area contributed by atoms with Crippen molar-refractivity contribution < 1.29 is 18.7 Å². The molecule has 0 N–H and O–H groups in total. The van der Waals surface area contributed by atoms with Crippen LogP contribution in [-0.2, 0) is 4.74 Å². The van der Waals surface area contributed by atoms with Gasteiger partial charge in [0.05, 0.1) is 5.02 Å². The highest BCUT2D eigenvalue weighted by atomic mass is 35.5. The molecule has 0 atom stereocenters. The normalized spacial score (nSPS) is 9.93. The maximum atomic E-state index is 13.2. The minimum Gasteiger partial charge on any atom is -0.463 e. The molecule has 5 heteroatoms. The number of ether oxygens (including phenoxy) is 2. The van der Waals surface area contributed by atoms with E-state index in [0.717, 1.165) is 6.07 Å². The Labute approximate surface area is 85.4 Å². The van der Waals surface area contributed by atoms with Crippen molar-refractivity contribution in [1.82, 2.24) is 0 Å². The molecule has 0 heterocycles. The molecule has 1 rings (SSSR count). The summed E-state index contributed by atoms with van der Waals surface area (Å²) in [6, 6.07) is 2.37. The van der Waals surface area contributed by atoms with E-state index in [1.165, 1.54) is 13.2 Å². The molecule has 0 amide bonds. The van der Waals surface area contributed by atoms with Gasteiger partial charge in [0, 0.05) is 12.7 Å². The van der Waals surface area contributed by atoms with Crippen LogP contribution in [0.2, 0.25) is 5.02 Å². The molecule has 14 heavy (non-hydrogen) atoms. The standard InChI is InChI=1S/C9H8ClFO3/c1-13-5-14-9-7(10)2-6(4-12)3-8(9)11/h2-4H,5H2,1H3. The molecule has 0 aliphatic rings. The lowest BCUT2D eigenvalue weighted by Crippen LogP contribution is -2.02. The Morgan fingerprint density at radius 2 is 2.29 bits per heavy atom. The van der Waals surface area contributed by atoms with E-state index in [4.69, 9.17) is 16.3 Å². The van der Waals surface area contributed by atoms with Gasteiger partial charge in [0.1, 0.15) is 6.29 Å². The molecule has 0 saturated heterocycles. The van der Waals surface area contributed by atoms with Gasteiger partial charge in [-0.05, 0) is 12.1 Å². The van der Waals surface area contributed by atoms with Crippen LogP contribution >= 0.6 is 11.6 Å². The average molecular weight is 219 g/mol. The Kier molecular flexibility index (Phi) is 3.85. The third kappa shape index (κ3) is 2.43. The average Bonchev–Trinajstić information content (AvgIpc) is 2.16. The molecule has 1 aromatic rings. The Balaban J connectivity index is 2.99. The topological polar surface area (TPSA) is 35.5 Å². The fourth-order valence-corrected chi connectivity index (χ4v) is 1.17. The Morgan fingerprint density at radius 1 is 1.57 bits per heavy atom. The Bertz CT molecular complexity index is 318. The van der Waals surface area contributed by atoms with Crippen LogP contribution in [-0.4, -0.2) is 20.2 Å². The van der Waals surface area contributed by atoms with Crippen LogP contribution in [0.4, 0.5) is 4.39 Å². The van der Waals surface area contributed by atoms with Crippen molar-refractivity contribution in [2.75, 3.05) is 13.9 Å². The number of hydrogen-bond donors (Lipinski definition) is 0. The molecule has 0 spiro atoms. The number of methoxy groups -OCH3 is 1. The quantitative estimate of drug-likeness (QED) is 0.575. The summed E-state index contributed by atoms with van der Waals surface area (Å²) in [5.41, 5.74) is 0.164. The largest absolute Gasteiger partial charge is 0.463 e. The predicted molar refractivity (Wildman–Crippen MR) is 49.3 cm³/mol. The van der Waals surface area contributed by atoms with Crippen LogP contribution in [0.3, 0.4) is 0 Å². The second-order valence-corrected chi connectivity index (χ2v) is 2.89. The number of rotatable bonds is 4. The van der Waals surface area contributed by atoms with Gasteiger partial charge in [-0.15, -0.1) is 0 Å². The highest BCUT2D eigenvalue weighted by Gasteiger charge is 2.10. The Hall–Kier alpha value is -1.13. The highest BCUT2D eigenvalue weighted by Crippen LogP contribution is 2.28. The van der Waals surface area contributed by atoms with Crippen molar-refractivity contribution in [1.29, 1.82) is 0 Å².